The average Bonchev–Trinajstić information content (AvgIpc) is 2.87. The van der Waals surface area contributed by atoms with E-state index in [1.54, 1.807) is 23.5 Å². The molecule has 3 nitrogen and oxygen atoms in total. The zero-order valence-electron chi connectivity index (χ0n) is 10.1. The number of phenols is 1. The first-order valence-electron chi connectivity index (χ1n) is 5.74. The summed E-state index contributed by atoms with van der Waals surface area (Å²) in [5, 5.41) is 16.2. The number of nitrogens with zero attached hydrogens (tertiary/aromatic N) is 1. The molecule has 2 rings (SSSR count). The van der Waals surface area contributed by atoms with Crippen LogP contribution in [0.15, 0.2) is 29.8 Å². The smallest absolute Gasteiger partial charge is 0.134 e. The molecular weight excluding hydrogens is 268 g/mol. The van der Waals surface area contributed by atoms with Gasteiger partial charge >= 0.3 is 0 Å². The van der Waals surface area contributed by atoms with Gasteiger partial charge in [0.25, 0.3) is 0 Å². The van der Waals surface area contributed by atoms with Crippen molar-refractivity contribution in [3.05, 3.63) is 45.4 Å². The lowest BCUT2D eigenvalue weighted by molar-refractivity contribution is 0.475. The summed E-state index contributed by atoms with van der Waals surface area (Å²) in [6.07, 6.45) is 1.83. The molecule has 0 saturated carbocycles. The molecule has 18 heavy (non-hydrogen) atoms. The van der Waals surface area contributed by atoms with Crippen molar-refractivity contribution in [2.45, 2.75) is 19.4 Å². The van der Waals surface area contributed by atoms with Gasteiger partial charge in [0, 0.05) is 30.6 Å². The Morgan fingerprint density at radius 1 is 1.50 bits per heavy atom. The van der Waals surface area contributed by atoms with Crippen LogP contribution in [0.1, 0.15) is 23.4 Å². The summed E-state index contributed by atoms with van der Waals surface area (Å²) in [5.74, 6) is 0.522. The minimum Gasteiger partial charge on any atom is -0.506 e. The molecule has 0 saturated heterocycles. The van der Waals surface area contributed by atoms with Crippen molar-refractivity contribution in [3.8, 4) is 5.75 Å². The SMILES string of the molecule is CC(CNCc1ccc(O)c(Cl)c1)c1nccs1. The van der Waals surface area contributed by atoms with Crippen molar-refractivity contribution < 1.29 is 5.11 Å². The summed E-state index contributed by atoms with van der Waals surface area (Å²) in [6.45, 7) is 3.75. The van der Waals surface area contributed by atoms with Crippen molar-refractivity contribution in [2.24, 2.45) is 0 Å². The van der Waals surface area contributed by atoms with E-state index in [0.29, 0.717) is 10.9 Å². The van der Waals surface area contributed by atoms with Crippen LogP contribution in [-0.4, -0.2) is 16.6 Å². The molecule has 0 fully saturated rings. The zero-order chi connectivity index (χ0) is 13.0. The summed E-state index contributed by atoms with van der Waals surface area (Å²) in [4.78, 5) is 4.29. The second-order valence-electron chi connectivity index (χ2n) is 4.19. The van der Waals surface area contributed by atoms with Crippen LogP contribution in [0.2, 0.25) is 5.02 Å². The molecule has 2 N–H and O–H groups in total. The van der Waals surface area contributed by atoms with Gasteiger partial charge in [0.15, 0.2) is 0 Å². The van der Waals surface area contributed by atoms with Crippen LogP contribution < -0.4 is 5.32 Å². The van der Waals surface area contributed by atoms with Gasteiger partial charge < -0.3 is 10.4 Å². The fraction of sp³-hybridized carbons (Fsp3) is 0.308. The van der Waals surface area contributed by atoms with Crippen molar-refractivity contribution in [1.29, 1.82) is 0 Å². The predicted molar refractivity (Wildman–Crippen MR) is 75.4 cm³/mol. The van der Waals surface area contributed by atoms with E-state index in [1.165, 1.54) is 0 Å². The van der Waals surface area contributed by atoms with Crippen molar-refractivity contribution >= 4 is 22.9 Å². The van der Waals surface area contributed by atoms with Gasteiger partial charge in [0.2, 0.25) is 0 Å². The maximum Gasteiger partial charge on any atom is 0.134 e. The van der Waals surface area contributed by atoms with E-state index in [4.69, 9.17) is 11.6 Å². The Hall–Kier alpha value is -1.10. The zero-order valence-corrected chi connectivity index (χ0v) is 11.6. The first-order chi connectivity index (χ1) is 8.66. The number of aromatic hydroxyl groups is 1. The minimum atomic E-state index is 0.122. The van der Waals surface area contributed by atoms with Crippen molar-refractivity contribution in [2.75, 3.05) is 6.54 Å². The predicted octanol–water partition coefficient (Wildman–Crippen LogP) is 3.40. The lowest BCUT2D eigenvalue weighted by Gasteiger charge is -2.10. The van der Waals surface area contributed by atoms with E-state index in [2.05, 4.69) is 17.2 Å². The maximum absolute atomic E-state index is 9.32. The Morgan fingerprint density at radius 2 is 2.33 bits per heavy atom. The number of rotatable bonds is 5. The standard InChI is InChI=1S/C13H15ClN2OS/c1-9(13-16-4-5-18-13)7-15-8-10-2-3-12(17)11(14)6-10/h2-6,9,15,17H,7-8H2,1H3. The van der Waals surface area contributed by atoms with Gasteiger partial charge in [-0.3, -0.25) is 0 Å². The van der Waals surface area contributed by atoms with Gasteiger partial charge in [-0.25, -0.2) is 4.98 Å². The monoisotopic (exact) mass is 282 g/mol. The summed E-state index contributed by atoms with van der Waals surface area (Å²) < 4.78 is 0. The van der Waals surface area contributed by atoms with Crippen LogP contribution >= 0.6 is 22.9 Å². The molecule has 0 aliphatic rings. The molecule has 0 spiro atoms. The van der Waals surface area contributed by atoms with E-state index >= 15 is 0 Å². The van der Waals surface area contributed by atoms with Gasteiger partial charge in [-0.1, -0.05) is 24.6 Å². The quantitative estimate of drug-likeness (QED) is 0.883. The average molecular weight is 283 g/mol. The summed E-state index contributed by atoms with van der Waals surface area (Å²) in [5.41, 5.74) is 1.06. The van der Waals surface area contributed by atoms with Crippen LogP contribution in [0.25, 0.3) is 0 Å². The van der Waals surface area contributed by atoms with Gasteiger partial charge in [0.1, 0.15) is 5.75 Å². The minimum absolute atomic E-state index is 0.122. The number of thiazole rings is 1. The van der Waals surface area contributed by atoms with Gasteiger partial charge in [-0.15, -0.1) is 11.3 Å². The maximum atomic E-state index is 9.32. The van der Waals surface area contributed by atoms with Crippen molar-refractivity contribution in [3.63, 3.8) is 0 Å². The number of halogens is 1. The van der Waals surface area contributed by atoms with Gasteiger partial charge in [-0.2, -0.15) is 0 Å². The highest BCUT2D eigenvalue weighted by Crippen LogP contribution is 2.23. The third-order valence-electron chi connectivity index (χ3n) is 2.66. The van der Waals surface area contributed by atoms with E-state index in [-0.39, 0.29) is 5.75 Å². The number of aromatic nitrogens is 1. The molecule has 1 heterocycles. The number of hydrogen-bond acceptors (Lipinski definition) is 4. The Labute approximate surface area is 115 Å². The van der Waals surface area contributed by atoms with Crippen molar-refractivity contribution in [1.82, 2.24) is 10.3 Å². The fourth-order valence-corrected chi connectivity index (χ4v) is 2.56. The third-order valence-corrected chi connectivity index (χ3v) is 3.97. The molecule has 5 heteroatoms. The summed E-state index contributed by atoms with van der Waals surface area (Å²) in [7, 11) is 0. The Bertz CT molecular complexity index is 502. The van der Waals surface area contributed by atoms with E-state index in [9.17, 15) is 5.11 Å². The first-order valence-corrected chi connectivity index (χ1v) is 7.00. The Balaban J connectivity index is 1.83. The molecule has 0 radical (unpaired) electrons. The number of phenolic OH excluding ortho intramolecular Hbond substituents is 1. The van der Waals surface area contributed by atoms with Crippen LogP contribution in [0, 0.1) is 0 Å². The molecule has 1 aromatic carbocycles. The molecular formula is C13H15ClN2OS. The highest BCUT2D eigenvalue weighted by molar-refractivity contribution is 7.09. The molecule has 0 bridgehead atoms. The van der Waals surface area contributed by atoms with Crippen LogP contribution in [0.5, 0.6) is 5.75 Å². The Kier molecular flexibility index (Phi) is 4.58. The topological polar surface area (TPSA) is 45.1 Å². The van der Waals surface area contributed by atoms with E-state index in [1.807, 2.05) is 17.6 Å². The Morgan fingerprint density at radius 3 is 3.00 bits per heavy atom. The number of nitrogens with one attached hydrogen (secondary N) is 1. The summed E-state index contributed by atoms with van der Waals surface area (Å²) >= 11 is 7.53. The number of hydrogen-bond donors (Lipinski definition) is 2. The van der Waals surface area contributed by atoms with Crippen LogP contribution in [0.4, 0.5) is 0 Å². The molecule has 1 unspecified atom stereocenters. The number of benzene rings is 1. The molecule has 1 atom stereocenters. The summed E-state index contributed by atoms with van der Waals surface area (Å²) in [6, 6.07) is 5.25. The fourth-order valence-electron chi connectivity index (χ4n) is 1.66. The van der Waals surface area contributed by atoms with Gasteiger partial charge in [0.05, 0.1) is 10.0 Å². The molecule has 1 aromatic heterocycles. The second-order valence-corrected chi connectivity index (χ2v) is 5.52. The van der Waals surface area contributed by atoms with E-state index in [0.717, 1.165) is 23.7 Å². The molecule has 2 aromatic rings. The highest BCUT2D eigenvalue weighted by Gasteiger charge is 2.07. The normalized spacial score (nSPS) is 12.6. The third kappa shape index (κ3) is 3.45. The lowest BCUT2D eigenvalue weighted by Crippen LogP contribution is -2.19. The lowest BCUT2D eigenvalue weighted by atomic mass is 10.1. The van der Waals surface area contributed by atoms with Gasteiger partial charge in [-0.05, 0) is 17.7 Å². The molecule has 96 valence electrons. The molecule has 0 amide bonds. The largest absolute Gasteiger partial charge is 0.506 e. The molecule has 0 aliphatic carbocycles. The first kappa shape index (κ1) is 13.3. The molecule has 0 aliphatic heterocycles. The van der Waals surface area contributed by atoms with E-state index < -0.39 is 0 Å². The second kappa shape index (κ2) is 6.18. The van der Waals surface area contributed by atoms with Crippen LogP contribution in [-0.2, 0) is 6.54 Å². The highest BCUT2D eigenvalue weighted by atomic mass is 35.5. The van der Waals surface area contributed by atoms with Crippen LogP contribution in [0.3, 0.4) is 0 Å².